The van der Waals surface area contributed by atoms with Crippen LogP contribution >= 0.6 is 0 Å². The first kappa shape index (κ1) is 53.7. The van der Waals surface area contributed by atoms with Gasteiger partial charge < -0.3 is 24.3 Å². The SMILES string of the molecule is CCOC(=O)C(C)(C)Oc1ccc(CCCC(=O)NN(Cc2ccc(C)c(C)c2)C(=O)NC)cc1.CCOC(=O)C(C)(C)Oc1ccc(CCCc2nn(Cc3ccc(C)c(C)c3)c(=O)[nH]2)cc1. The zero-order valence-corrected chi connectivity index (χ0v) is 41.7. The van der Waals surface area contributed by atoms with Gasteiger partial charge in [-0.2, -0.15) is 5.10 Å². The van der Waals surface area contributed by atoms with Crippen LogP contribution in [0.5, 0.6) is 11.5 Å². The van der Waals surface area contributed by atoms with Crippen molar-refractivity contribution in [2.75, 3.05) is 20.3 Å². The molecule has 0 aliphatic carbocycles. The summed E-state index contributed by atoms with van der Waals surface area (Å²) in [6.07, 6.45) is 3.95. The highest BCUT2D eigenvalue weighted by atomic mass is 16.6. The molecule has 0 aliphatic heterocycles. The maximum absolute atomic E-state index is 12.5. The second-order valence-corrected chi connectivity index (χ2v) is 17.7. The maximum Gasteiger partial charge on any atom is 0.349 e. The van der Waals surface area contributed by atoms with E-state index in [9.17, 15) is 24.0 Å². The quantitative estimate of drug-likeness (QED) is 0.0507. The van der Waals surface area contributed by atoms with Crippen LogP contribution in [0.2, 0.25) is 0 Å². The van der Waals surface area contributed by atoms with Crippen LogP contribution in [0.1, 0.15) is 111 Å². The Morgan fingerprint density at radius 2 is 1.12 bits per heavy atom. The Hall–Kier alpha value is -6.90. The fourth-order valence-corrected chi connectivity index (χ4v) is 6.93. The molecule has 1 heterocycles. The Morgan fingerprint density at radius 3 is 1.60 bits per heavy atom. The molecule has 5 rings (SSSR count). The zero-order chi connectivity index (χ0) is 50.0. The van der Waals surface area contributed by atoms with Gasteiger partial charge in [0.25, 0.3) is 0 Å². The minimum Gasteiger partial charge on any atom is -0.476 e. The van der Waals surface area contributed by atoms with Crippen LogP contribution in [0.25, 0.3) is 0 Å². The summed E-state index contributed by atoms with van der Waals surface area (Å²) in [4.78, 5) is 63.9. The van der Waals surface area contributed by atoms with E-state index in [-0.39, 0.29) is 36.6 Å². The second-order valence-electron chi connectivity index (χ2n) is 17.7. The summed E-state index contributed by atoms with van der Waals surface area (Å²) in [5.74, 6) is 0.843. The van der Waals surface area contributed by atoms with Gasteiger partial charge in [-0.05, 0) is 164 Å². The van der Waals surface area contributed by atoms with Crippen LogP contribution in [0, 0.1) is 27.7 Å². The van der Waals surface area contributed by atoms with Crippen LogP contribution < -0.4 is 25.9 Å². The van der Waals surface area contributed by atoms with Crippen molar-refractivity contribution >= 4 is 23.9 Å². The molecule has 0 atom stereocenters. The summed E-state index contributed by atoms with van der Waals surface area (Å²) >= 11 is 0. The predicted molar refractivity (Wildman–Crippen MR) is 262 cm³/mol. The van der Waals surface area contributed by atoms with Gasteiger partial charge in [0, 0.05) is 19.9 Å². The lowest BCUT2D eigenvalue weighted by Crippen LogP contribution is -2.49. The fourth-order valence-electron chi connectivity index (χ4n) is 6.93. The molecule has 15 nitrogen and oxygen atoms in total. The Kier molecular flexibility index (Phi) is 20.0. The number of carbonyl (C=O) groups is 4. The van der Waals surface area contributed by atoms with Gasteiger partial charge in [0.2, 0.25) is 5.91 Å². The van der Waals surface area contributed by atoms with Crippen molar-refractivity contribution in [1.29, 1.82) is 0 Å². The predicted octanol–water partition coefficient (Wildman–Crippen LogP) is 8.35. The van der Waals surface area contributed by atoms with Gasteiger partial charge in [-0.1, -0.05) is 60.7 Å². The van der Waals surface area contributed by atoms with Gasteiger partial charge in [0.15, 0.2) is 11.2 Å². The normalized spacial score (nSPS) is 11.2. The maximum atomic E-state index is 12.5. The number of nitrogens with one attached hydrogen (secondary N) is 3. The van der Waals surface area contributed by atoms with E-state index in [0.29, 0.717) is 56.3 Å². The van der Waals surface area contributed by atoms with E-state index >= 15 is 0 Å². The van der Waals surface area contributed by atoms with Crippen LogP contribution in [0.4, 0.5) is 4.79 Å². The highest BCUT2D eigenvalue weighted by Gasteiger charge is 2.32. The number of hydrogen-bond donors (Lipinski definition) is 3. The van der Waals surface area contributed by atoms with Gasteiger partial charge >= 0.3 is 23.7 Å². The van der Waals surface area contributed by atoms with E-state index in [1.54, 1.807) is 53.7 Å². The number of hydrazine groups is 1. The number of H-pyrrole nitrogens is 1. The summed E-state index contributed by atoms with van der Waals surface area (Å²) in [6.45, 7) is 19.8. The van der Waals surface area contributed by atoms with Crippen molar-refractivity contribution in [2.24, 2.45) is 0 Å². The van der Waals surface area contributed by atoms with Crippen LogP contribution in [0.15, 0.2) is 89.7 Å². The van der Waals surface area contributed by atoms with E-state index < -0.39 is 17.2 Å². The van der Waals surface area contributed by atoms with E-state index in [0.717, 1.165) is 40.7 Å². The van der Waals surface area contributed by atoms with Crippen molar-refractivity contribution in [3.8, 4) is 11.5 Å². The minimum atomic E-state index is -1.08. The molecule has 0 spiro atoms. The molecule has 0 radical (unpaired) electrons. The van der Waals surface area contributed by atoms with Crippen LogP contribution in [-0.4, -0.2) is 75.1 Å². The lowest BCUT2D eigenvalue weighted by molar-refractivity contribution is -0.159. The molecule has 1 aromatic heterocycles. The number of aryl methyl sites for hydroxylation is 7. The lowest BCUT2D eigenvalue weighted by atomic mass is 10.1. The molecule has 3 amide bonds. The topological polar surface area (TPSA) is 183 Å². The number of aromatic nitrogens is 3. The van der Waals surface area contributed by atoms with E-state index in [1.165, 1.54) is 33.4 Å². The number of amides is 3. The molecule has 0 aliphatic rings. The highest BCUT2D eigenvalue weighted by Crippen LogP contribution is 2.23. The molecule has 0 unspecified atom stereocenters. The average Bonchev–Trinajstić information content (AvgIpc) is 3.64. The number of esters is 2. The van der Waals surface area contributed by atoms with Gasteiger partial charge in [0.05, 0.1) is 26.3 Å². The third-order valence-corrected chi connectivity index (χ3v) is 11.1. The Balaban J connectivity index is 0.000000297. The standard InChI is InChI=1S/C27H37N3O5.C26H33N3O4/c1-7-34-25(32)27(4,5)35-23-15-13-21(14-16-23)9-8-10-24(31)29-30(26(33)28-6)18-22-12-11-19(2)20(3)17-22;1-6-32-24(30)26(4,5)33-22-14-12-20(13-15-22)8-7-9-23-27-25(31)29(28-23)17-21-11-10-18(2)19(3)16-21/h11-17H,7-10,18H2,1-6H3,(H,28,33)(H,29,31);10-16H,6-9,17H2,1-5H3,(H,27,28,31). The van der Waals surface area contributed by atoms with Crippen molar-refractivity contribution in [2.45, 2.75) is 132 Å². The molecule has 0 fully saturated rings. The lowest BCUT2D eigenvalue weighted by Gasteiger charge is -2.24. The minimum absolute atomic E-state index is 0.186. The summed E-state index contributed by atoms with van der Waals surface area (Å²) < 4.78 is 23.1. The molecule has 15 heteroatoms. The van der Waals surface area contributed by atoms with E-state index in [2.05, 4.69) is 46.8 Å². The van der Waals surface area contributed by atoms with Crippen LogP contribution in [-0.2, 0) is 56.2 Å². The molecular formula is C53H70N6O9. The molecule has 0 bridgehead atoms. The molecule has 0 saturated heterocycles. The molecule has 68 heavy (non-hydrogen) atoms. The second kappa shape index (κ2) is 25.3. The third-order valence-electron chi connectivity index (χ3n) is 11.1. The van der Waals surface area contributed by atoms with Crippen molar-refractivity contribution < 1.29 is 38.1 Å². The number of carbonyl (C=O) groups excluding carboxylic acids is 4. The van der Waals surface area contributed by atoms with Gasteiger partial charge in [-0.15, -0.1) is 0 Å². The summed E-state index contributed by atoms with van der Waals surface area (Å²) in [5, 5.41) is 8.32. The number of benzene rings is 4. The van der Waals surface area contributed by atoms with Crippen molar-refractivity contribution in [1.82, 2.24) is 30.5 Å². The largest absolute Gasteiger partial charge is 0.476 e. The zero-order valence-electron chi connectivity index (χ0n) is 41.7. The Bertz CT molecular complexity index is 2510. The van der Waals surface area contributed by atoms with Gasteiger partial charge in [0.1, 0.15) is 17.3 Å². The number of ether oxygens (including phenoxy) is 4. The Labute approximate surface area is 400 Å². The smallest absolute Gasteiger partial charge is 0.349 e. The first-order valence-electron chi connectivity index (χ1n) is 23.2. The fraction of sp³-hybridized carbons (Fsp3) is 0.434. The summed E-state index contributed by atoms with van der Waals surface area (Å²) in [5.41, 5.74) is 9.33. The first-order chi connectivity index (χ1) is 32.2. The Morgan fingerprint density at radius 1 is 0.647 bits per heavy atom. The number of rotatable bonds is 20. The molecular weight excluding hydrogens is 865 g/mol. The average molecular weight is 935 g/mol. The summed E-state index contributed by atoms with van der Waals surface area (Å²) in [7, 11) is 1.53. The number of hydrogen-bond acceptors (Lipinski definition) is 10. The van der Waals surface area contributed by atoms with Crippen LogP contribution in [0.3, 0.4) is 0 Å². The number of aromatic amines is 1. The summed E-state index contributed by atoms with van der Waals surface area (Å²) in [6, 6.07) is 26.9. The molecule has 4 aromatic carbocycles. The first-order valence-corrected chi connectivity index (χ1v) is 23.2. The monoisotopic (exact) mass is 935 g/mol. The highest BCUT2D eigenvalue weighted by molar-refractivity contribution is 5.81. The van der Waals surface area contributed by atoms with E-state index in [4.69, 9.17) is 18.9 Å². The molecule has 5 aromatic rings. The van der Waals surface area contributed by atoms with Crippen molar-refractivity contribution in [3.63, 3.8) is 0 Å². The number of nitrogens with zero attached hydrogens (tertiary/aromatic N) is 3. The molecule has 366 valence electrons. The van der Waals surface area contributed by atoms with Crippen molar-refractivity contribution in [3.05, 3.63) is 146 Å². The molecule has 0 saturated carbocycles. The number of urea groups is 1. The van der Waals surface area contributed by atoms with Gasteiger partial charge in [-0.25, -0.2) is 28.9 Å². The van der Waals surface area contributed by atoms with E-state index in [1.807, 2.05) is 74.5 Å². The van der Waals surface area contributed by atoms with Gasteiger partial charge in [-0.3, -0.25) is 15.2 Å². The third kappa shape index (κ3) is 16.8. The molecule has 3 N–H and O–H groups in total.